The van der Waals surface area contributed by atoms with Gasteiger partial charge in [0.1, 0.15) is 13.2 Å². The molecule has 7 rings (SSSR count). The third kappa shape index (κ3) is 5.96. The van der Waals surface area contributed by atoms with Crippen molar-refractivity contribution in [3.63, 3.8) is 0 Å². The standard InChI is InChI=1S/C36H35N5O6/c1-21-5-23-14-38-29-10-33(31(44-3)8-27(29)35(42)40(16-21)18-23)46-19-24-7-25(13-37-12-24)20-47-34-11-30-28(9-32(34)45-4)36(43)41-17-22(2)6-26(41)15-39-30/h7-15,23,26H,1-2,5-6,16-20H2,3-4H3/t23-,26+/m1/s1. The summed E-state index contributed by atoms with van der Waals surface area (Å²) in [6.45, 7) is 10.2. The van der Waals surface area contributed by atoms with Gasteiger partial charge >= 0.3 is 0 Å². The minimum absolute atomic E-state index is 0.0967. The van der Waals surface area contributed by atoms with Crippen LogP contribution in [0.15, 0.2) is 77.0 Å². The number of pyridine rings is 1. The van der Waals surface area contributed by atoms with E-state index in [2.05, 4.69) is 28.1 Å². The van der Waals surface area contributed by atoms with Crippen molar-refractivity contribution in [3.05, 3.63) is 89.3 Å². The lowest BCUT2D eigenvalue weighted by Gasteiger charge is -2.34. The Morgan fingerprint density at radius 2 is 1.34 bits per heavy atom. The average molecular weight is 634 g/mol. The highest BCUT2D eigenvalue weighted by Crippen LogP contribution is 2.40. The fraction of sp³-hybridized carbons (Fsp3) is 0.306. The summed E-state index contributed by atoms with van der Waals surface area (Å²) in [4.78, 5) is 43.9. The van der Waals surface area contributed by atoms with Gasteiger partial charge in [-0.25, -0.2) is 0 Å². The summed E-state index contributed by atoms with van der Waals surface area (Å²) in [7, 11) is 3.08. The molecule has 4 aliphatic heterocycles. The summed E-state index contributed by atoms with van der Waals surface area (Å²) in [6.07, 6.45) is 8.66. The van der Waals surface area contributed by atoms with Crippen molar-refractivity contribution in [2.45, 2.75) is 32.1 Å². The highest BCUT2D eigenvalue weighted by molar-refractivity contribution is 6.04. The first-order chi connectivity index (χ1) is 22.8. The van der Waals surface area contributed by atoms with Gasteiger partial charge in [0, 0.05) is 73.6 Å². The third-order valence-corrected chi connectivity index (χ3v) is 8.74. The van der Waals surface area contributed by atoms with Crippen LogP contribution in [0.25, 0.3) is 0 Å². The zero-order valence-electron chi connectivity index (χ0n) is 26.4. The van der Waals surface area contributed by atoms with Gasteiger partial charge in [-0.3, -0.25) is 24.6 Å². The lowest BCUT2D eigenvalue weighted by Crippen LogP contribution is -2.42. The Bertz CT molecular complexity index is 1870. The molecular formula is C36H35N5O6. The van der Waals surface area contributed by atoms with Crippen LogP contribution in [0.1, 0.15) is 44.7 Å². The van der Waals surface area contributed by atoms with Crippen molar-refractivity contribution in [3.8, 4) is 23.0 Å². The second-order valence-corrected chi connectivity index (χ2v) is 12.2. The summed E-state index contributed by atoms with van der Waals surface area (Å²) in [5.74, 6) is 1.75. The van der Waals surface area contributed by atoms with Crippen molar-refractivity contribution >= 4 is 35.6 Å². The van der Waals surface area contributed by atoms with E-state index in [1.807, 2.05) is 17.2 Å². The summed E-state index contributed by atoms with van der Waals surface area (Å²) in [6, 6.07) is 8.70. The van der Waals surface area contributed by atoms with E-state index in [0.29, 0.717) is 71.6 Å². The van der Waals surface area contributed by atoms with Gasteiger partial charge in [0.05, 0.1) is 42.8 Å². The number of amides is 2. The van der Waals surface area contributed by atoms with Crippen molar-refractivity contribution in [1.29, 1.82) is 0 Å². The van der Waals surface area contributed by atoms with Gasteiger partial charge < -0.3 is 28.7 Å². The maximum absolute atomic E-state index is 13.4. The van der Waals surface area contributed by atoms with Gasteiger partial charge in [-0.1, -0.05) is 24.3 Å². The van der Waals surface area contributed by atoms with Crippen molar-refractivity contribution in [1.82, 2.24) is 14.8 Å². The largest absolute Gasteiger partial charge is 0.493 e. The van der Waals surface area contributed by atoms with E-state index < -0.39 is 0 Å². The molecule has 5 heterocycles. The smallest absolute Gasteiger partial charge is 0.257 e. The molecule has 2 fully saturated rings. The lowest BCUT2D eigenvalue weighted by molar-refractivity contribution is 0.0735. The van der Waals surface area contributed by atoms with Gasteiger partial charge in [-0.15, -0.1) is 0 Å². The van der Waals surface area contributed by atoms with Crippen LogP contribution in [0.2, 0.25) is 0 Å². The molecule has 2 aromatic carbocycles. The Morgan fingerprint density at radius 3 is 1.98 bits per heavy atom. The topological polar surface area (TPSA) is 115 Å². The normalized spacial score (nSPS) is 19.8. The SMILES string of the molecule is C=C1C[C@@H]2C=Nc3cc(OCc4cncc(COc5cc6c(cc5OC)C(=O)N5CC(=C)C[C@H]5C=N6)c4)c(OC)cc3C(=O)N(C1)C2. The third-order valence-electron chi connectivity index (χ3n) is 8.74. The number of carbonyl (C=O) groups excluding carboxylic acids is 2. The molecule has 2 bridgehead atoms. The zero-order valence-corrected chi connectivity index (χ0v) is 26.4. The maximum atomic E-state index is 13.4. The predicted octanol–water partition coefficient (Wildman–Crippen LogP) is 5.48. The molecule has 240 valence electrons. The molecular weight excluding hydrogens is 598 g/mol. The maximum Gasteiger partial charge on any atom is 0.257 e. The van der Waals surface area contributed by atoms with Crippen molar-refractivity contribution < 1.29 is 28.5 Å². The summed E-state index contributed by atoms with van der Waals surface area (Å²) < 4.78 is 23.5. The number of ether oxygens (including phenoxy) is 4. The first kappa shape index (κ1) is 30.2. The van der Waals surface area contributed by atoms with E-state index in [4.69, 9.17) is 18.9 Å². The summed E-state index contributed by atoms with van der Waals surface area (Å²) in [5, 5.41) is 0. The minimum Gasteiger partial charge on any atom is -0.493 e. The van der Waals surface area contributed by atoms with Crippen LogP contribution in [-0.2, 0) is 13.2 Å². The molecule has 0 radical (unpaired) electrons. The number of aromatic nitrogens is 1. The van der Waals surface area contributed by atoms with Crippen LogP contribution in [0.5, 0.6) is 23.0 Å². The molecule has 3 aromatic rings. The number of hydrogen-bond donors (Lipinski definition) is 0. The molecule has 0 N–H and O–H groups in total. The Labute approximate surface area is 272 Å². The molecule has 11 heteroatoms. The Morgan fingerprint density at radius 1 is 0.745 bits per heavy atom. The minimum atomic E-state index is -0.102. The Balaban J connectivity index is 1.06. The number of piperidine rings is 1. The van der Waals surface area contributed by atoms with Crippen LogP contribution in [0, 0.1) is 5.92 Å². The Hall–Kier alpha value is -5.45. The molecule has 0 saturated carbocycles. The number of carbonyl (C=O) groups is 2. The molecule has 2 saturated heterocycles. The molecule has 2 atom stereocenters. The highest BCUT2D eigenvalue weighted by Gasteiger charge is 2.34. The van der Waals surface area contributed by atoms with Crippen molar-refractivity contribution in [2.24, 2.45) is 15.9 Å². The molecule has 11 nitrogen and oxygen atoms in total. The number of fused-ring (bicyclic) bond motifs is 5. The molecule has 1 aromatic heterocycles. The Kier molecular flexibility index (Phi) is 7.97. The number of methoxy groups -OCH3 is 2. The number of benzene rings is 2. The number of rotatable bonds is 8. The van der Waals surface area contributed by atoms with Crippen LogP contribution in [0.4, 0.5) is 11.4 Å². The van der Waals surface area contributed by atoms with Crippen LogP contribution in [-0.4, -0.2) is 78.9 Å². The van der Waals surface area contributed by atoms with Gasteiger partial charge in [0.25, 0.3) is 11.8 Å². The molecule has 47 heavy (non-hydrogen) atoms. The van der Waals surface area contributed by atoms with E-state index in [-0.39, 0.29) is 37.0 Å². The predicted molar refractivity (Wildman–Crippen MR) is 177 cm³/mol. The number of hydrogen-bond acceptors (Lipinski definition) is 9. The van der Waals surface area contributed by atoms with Gasteiger partial charge in [0.15, 0.2) is 23.0 Å². The molecule has 0 aliphatic carbocycles. The van der Waals surface area contributed by atoms with Gasteiger partial charge in [0.2, 0.25) is 0 Å². The quantitative estimate of drug-likeness (QED) is 0.302. The van der Waals surface area contributed by atoms with Gasteiger partial charge in [-0.2, -0.15) is 0 Å². The second kappa shape index (κ2) is 12.4. The van der Waals surface area contributed by atoms with Crippen molar-refractivity contribution in [2.75, 3.05) is 33.9 Å². The van der Waals surface area contributed by atoms with E-state index in [0.717, 1.165) is 28.7 Å². The van der Waals surface area contributed by atoms with E-state index >= 15 is 0 Å². The van der Waals surface area contributed by atoms with Crippen LogP contribution < -0.4 is 18.9 Å². The highest BCUT2D eigenvalue weighted by atomic mass is 16.5. The number of aliphatic imine (C=N–C) groups is 2. The molecule has 2 amide bonds. The summed E-state index contributed by atoms with van der Waals surface area (Å²) >= 11 is 0. The van der Waals surface area contributed by atoms with Gasteiger partial charge in [-0.05, 0) is 31.0 Å². The van der Waals surface area contributed by atoms with E-state index in [1.165, 1.54) is 0 Å². The average Bonchev–Trinajstić information content (AvgIpc) is 3.41. The van der Waals surface area contributed by atoms with E-state index in [9.17, 15) is 9.59 Å². The first-order valence-corrected chi connectivity index (χ1v) is 15.4. The summed E-state index contributed by atoms with van der Waals surface area (Å²) in [5.41, 5.74) is 5.66. The second-order valence-electron chi connectivity index (χ2n) is 12.2. The molecule has 4 aliphatic rings. The molecule has 0 spiro atoms. The van der Waals surface area contributed by atoms with Crippen LogP contribution >= 0.6 is 0 Å². The van der Waals surface area contributed by atoms with E-state index in [1.54, 1.807) is 62.0 Å². The first-order valence-electron chi connectivity index (χ1n) is 15.4. The number of nitrogens with zero attached hydrogens (tertiary/aromatic N) is 5. The monoisotopic (exact) mass is 633 g/mol. The fourth-order valence-corrected chi connectivity index (χ4v) is 6.45. The lowest BCUT2D eigenvalue weighted by atomic mass is 9.94. The fourth-order valence-electron chi connectivity index (χ4n) is 6.45. The van der Waals surface area contributed by atoms with Crippen LogP contribution in [0.3, 0.4) is 0 Å². The molecule has 0 unspecified atom stereocenters. The zero-order chi connectivity index (χ0) is 32.7.